The van der Waals surface area contributed by atoms with Crippen molar-refractivity contribution in [1.29, 1.82) is 0 Å². The molecule has 0 amide bonds. The van der Waals surface area contributed by atoms with Gasteiger partial charge in [0.1, 0.15) is 24.1 Å². The number of fused-ring (bicyclic) bond motifs is 1. The summed E-state index contributed by atoms with van der Waals surface area (Å²) in [6, 6.07) is 0. The summed E-state index contributed by atoms with van der Waals surface area (Å²) >= 11 is 0. The van der Waals surface area contributed by atoms with Crippen LogP contribution in [0.4, 0.5) is 4.39 Å². The molecule has 0 unspecified atom stereocenters. The van der Waals surface area contributed by atoms with E-state index in [1.54, 1.807) is 0 Å². The van der Waals surface area contributed by atoms with Crippen molar-refractivity contribution >= 4 is 11.2 Å². The van der Waals surface area contributed by atoms with Gasteiger partial charge in [-0.05, 0) is 14.0 Å². The smallest absolute Gasteiger partial charge is 0.173 e. The molecule has 0 radical (unpaired) electrons. The molecule has 3 N–H and O–H groups in total. The van der Waals surface area contributed by atoms with E-state index in [-0.39, 0.29) is 0 Å². The lowest BCUT2D eigenvalue weighted by atomic mass is 10.1. The van der Waals surface area contributed by atoms with Crippen LogP contribution in [-0.4, -0.2) is 74.6 Å². The van der Waals surface area contributed by atoms with Crippen LogP contribution in [-0.2, 0) is 4.74 Å². The summed E-state index contributed by atoms with van der Waals surface area (Å²) in [6.45, 7) is 3.32. The fraction of sp³-hybridized carbons (Fsp3) is 0.562. The van der Waals surface area contributed by atoms with Gasteiger partial charge in [-0.25, -0.2) is 19.3 Å². The average Bonchev–Trinajstić information content (AvgIpc) is 3.13. The highest BCUT2D eigenvalue weighted by atomic mass is 19.1. The Balaban J connectivity index is 1.75. The van der Waals surface area contributed by atoms with Gasteiger partial charge in [-0.3, -0.25) is 4.57 Å². The molecule has 1 fully saturated rings. The van der Waals surface area contributed by atoms with Gasteiger partial charge < -0.3 is 20.5 Å². The minimum Gasteiger partial charge on any atom is -0.387 e. The highest BCUT2D eigenvalue weighted by Gasteiger charge is 2.45. The first kappa shape index (κ1) is 17.9. The van der Waals surface area contributed by atoms with Crippen LogP contribution in [0.2, 0.25) is 0 Å². The molecule has 4 atom stereocenters. The normalized spacial score (nSPS) is 27.1. The van der Waals surface area contributed by atoms with Crippen molar-refractivity contribution in [3.05, 3.63) is 30.5 Å². The second kappa shape index (κ2) is 7.52. The van der Waals surface area contributed by atoms with E-state index in [1.165, 1.54) is 17.2 Å². The number of alkyl halides is 1. The van der Waals surface area contributed by atoms with Crippen LogP contribution in [0.3, 0.4) is 0 Å². The summed E-state index contributed by atoms with van der Waals surface area (Å²) in [5.41, 5.74) is 7.21. The Morgan fingerprint density at radius 3 is 2.96 bits per heavy atom. The number of halogens is 1. The Bertz CT molecular complexity index is 751. The molecule has 1 aliphatic heterocycles. The molecule has 2 aromatic heterocycles. The summed E-state index contributed by atoms with van der Waals surface area (Å²) in [7, 11) is 1.88. The molecule has 0 saturated carbocycles. The summed E-state index contributed by atoms with van der Waals surface area (Å²) in [6.07, 6.45) is 2.27. The molecular weight excluding hydrogens is 327 g/mol. The van der Waals surface area contributed by atoms with Crippen molar-refractivity contribution < 1.29 is 14.2 Å². The van der Waals surface area contributed by atoms with Crippen LogP contribution in [0.1, 0.15) is 11.9 Å². The van der Waals surface area contributed by atoms with E-state index in [2.05, 4.69) is 15.0 Å². The van der Waals surface area contributed by atoms with Crippen LogP contribution in [0.5, 0.6) is 0 Å². The number of rotatable bonds is 6. The third-order valence-corrected chi connectivity index (χ3v) is 4.32. The zero-order valence-electron chi connectivity index (χ0n) is 14.3. The van der Waals surface area contributed by atoms with Crippen LogP contribution in [0.25, 0.3) is 11.2 Å². The first-order valence-corrected chi connectivity index (χ1v) is 8.18. The molecular formula is C16H23FN6O2. The maximum atomic E-state index is 14.7. The molecule has 0 spiro atoms. The fourth-order valence-corrected chi connectivity index (χ4v) is 2.97. The molecule has 136 valence electrons. The lowest BCUT2D eigenvalue weighted by Crippen LogP contribution is -2.37. The number of imidazole rings is 1. The third kappa shape index (κ3) is 3.54. The Morgan fingerprint density at radius 2 is 2.20 bits per heavy atom. The molecule has 9 heteroatoms. The van der Waals surface area contributed by atoms with Crippen LogP contribution in [0.15, 0.2) is 24.8 Å². The van der Waals surface area contributed by atoms with Gasteiger partial charge in [-0.15, -0.1) is 0 Å². The number of nitrogens with zero attached hydrogens (tertiary/aromatic N) is 5. The largest absolute Gasteiger partial charge is 0.387 e. The fourth-order valence-electron chi connectivity index (χ4n) is 2.97. The lowest BCUT2D eigenvalue weighted by Gasteiger charge is -2.21. The van der Waals surface area contributed by atoms with Crippen LogP contribution < -0.4 is 5.73 Å². The van der Waals surface area contributed by atoms with E-state index < -0.39 is 24.6 Å². The maximum absolute atomic E-state index is 14.7. The molecule has 3 rings (SSSR count). The molecule has 0 bridgehead atoms. The Hall–Kier alpha value is -1.94. The molecule has 0 aliphatic carbocycles. The number of aliphatic hydroxyl groups excluding tert-OH is 1. The van der Waals surface area contributed by atoms with Crippen LogP contribution >= 0.6 is 0 Å². The number of likely N-dealkylation sites (N-methyl/N-ethyl adjacent to an activating group) is 1. The van der Waals surface area contributed by atoms with E-state index in [1.807, 2.05) is 31.0 Å². The standard InChI is InChI=1S/C16H23FN6O2/c1-10-13-15(20-8-19-10)23(9-21-13)16-12(17)14(24)11(25-16)7-22(2)6-4-3-5-18/h3-4,8-9,11-12,14,16,24H,5-7,18H2,1-2H3/b4-3-/t11-,12-,14-,16-/m1/s1. The number of ether oxygens (including phenoxy) is 1. The second-order valence-corrected chi connectivity index (χ2v) is 6.21. The van der Waals surface area contributed by atoms with E-state index >= 15 is 0 Å². The van der Waals surface area contributed by atoms with Crippen molar-refractivity contribution in [2.45, 2.75) is 31.5 Å². The monoisotopic (exact) mass is 350 g/mol. The van der Waals surface area contributed by atoms with Crippen molar-refractivity contribution in [2.24, 2.45) is 5.73 Å². The van der Waals surface area contributed by atoms with Crippen molar-refractivity contribution in [2.75, 3.05) is 26.7 Å². The zero-order valence-corrected chi connectivity index (χ0v) is 14.3. The topological polar surface area (TPSA) is 102 Å². The minimum absolute atomic E-state index is 0.396. The predicted molar refractivity (Wildman–Crippen MR) is 90.6 cm³/mol. The molecule has 0 aromatic carbocycles. The van der Waals surface area contributed by atoms with Crippen molar-refractivity contribution in [3.63, 3.8) is 0 Å². The van der Waals surface area contributed by atoms with Gasteiger partial charge in [-0.2, -0.15) is 0 Å². The van der Waals surface area contributed by atoms with Gasteiger partial charge in [0, 0.05) is 19.6 Å². The van der Waals surface area contributed by atoms with Gasteiger partial charge in [0.05, 0.1) is 12.0 Å². The van der Waals surface area contributed by atoms with Crippen molar-refractivity contribution in [3.8, 4) is 0 Å². The first-order chi connectivity index (χ1) is 12.0. The summed E-state index contributed by atoms with van der Waals surface area (Å²) in [4.78, 5) is 14.4. The van der Waals surface area contributed by atoms with Gasteiger partial charge >= 0.3 is 0 Å². The second-order valence-electron chi connectivity index (χ2n) is 6.21. The Labute approximate surface area is 145 Å². The Morgan fingerprint density at radius 1 is 1.40 bits per heavy atom. The molecule has 3 heterocycles. The van der Waals surface area contributed by atoms with Gasteiger partial charge in [-0.1, -0.05) is 12.2 Å². The molecule has 1 saturated heterocycles. The van der Waals surface area contributed by atoms with E-state index in [0.717, 1.165) is 0 Å². The molecule has 8 nitrogen and oxygen atoms in total. The number of nitrogens with two attached hydrogens (primary N) is 1. The summed E-state index contributed by atoms with van der Waals surface area (Å²) in [5.74, 6) is 0. The molecule has 1 aliphatic rings. The first-order valence-electron chi connectivity index (χ1n) is 8.18. The number of aromatic nitrogens is 4. The molecule has 25 heavy (non-hydrogen) atoms. The lowest BCUT2D eigenvalue weighted by molar-refractivity contribution is -0.0330. The van der Waals surface area contributed by atoms with E-state index in [9.17, 15) is 9.50 Å². The highest BCUT2D eigenvalue weighted by molar-refractivity contribution is 5.72. The predicted octanol–water partition coefficient (Wildman–Crippen LogP) is 0.178. The average molecular weight is 350 g/mol. The van der Waals surface area contributed by atoms with Gasteiger partial charge in [0.15, 0.2) is 18.0 Å². The number of hydrogen-bond donors (Lipinski definition) is 2. The van der Waals surface area contributed by atoms with Crippen molar-refractivity contribution in [1.82, 2.24) is 24.4 Å². The number of aliphatic hydroxyl groups is 1. The number of aryl methyl sites for hydroxylation is 1. The van der Waals surface area contributed by atoms with Gasteiger partial charge in [0.25, 0.3) is 0 Å². The van der Waals surface area contributed by atoms with E-state index in [0.29, 0.717) is 36.5 Å². The highest BCUT2D eigenvalue weighted by Crippen LogP contribution is 2.34. The summed E-state index contributed by atoms with van der Waals surface area (Å²) < 4.78 is 22.0. The third-order valence-electron chi connectivity index (χ3n) is 4.32. The quantitative estimate of drug-likeness (QED) is 0.716. The number of hydrogen-bond acceptors (Lipinski definition) is 7. The molecule has 2 aromatic rings. The van der Waals surface area contributed by atoms with Gasteiger partial charge in [0.2, 0.25) is 0 Å². The van der Waals surface area contributed by atoms with Crippen LogP contribution in [0, 0.1) is 6.92 Å². The minimum atomic E-state index is -1.56. The van der Waals surface area contributed by atoms with E-state index in [4.69, 9.17) is 10.5 Å². The SMILES string of the molecule is Cc1ncnc2c1ncn2[C@@H]1O[C@H](CN(C)C/C=C\CN)[C@@H](O)[C@H]1F. The zero-order chi connectivity index (χ0) is 18.0. The Kier molecular flexibility index (Phi) is 5.38. The summed E-state index contributed by atoms with van der Waals surface area (Å²) in [5, 5.41) is 10.2. The maximum Gasteiger partial charge on any atom is 0.173 e.